The van der Waals surface area contributed by atoms with E-state index in [4.69, 9.17) is 38.6 Å². The first kappa shape index (κ1) is 29.9. The van der Waals surface area contributed by atoms with Gasteiger partial charge in [-0.15, -0.1) is 0 Å². The van der Waals surface area contributed by atoms with Crippen molar-refractivity contribution < 1.29 is 38.6 Å². The van der Waals surface area contributed by atoms with Gasteiger partial charge in [0.15, 0.2) is 6.29 Å². The van der Waals surface area contributed by atoms with Crippen molar-refractivity contribution in [3.8, 4) is 0 Å². The standard InChI is InChI=1S/C16H24O4.C9H20O4/c1-3-13(2)17-9-10-18-15-11-19-16(20-12-15)14-7-5-4-6-8-14;1-3-8(2)12-4-5-13-9(6-10)7-11/h4-8,13,15-16H,3,9-12H2,1-2H3;8-11H,3-7H2,1-2H3. The van der Waals surface area contributed by atoms with Crippen LogP contribution in [0.1, 0.15) is 52.4 Å². The van der Waals surface area contributed by atoms with Crippen LogP contribution in [0.2, 0.25) is 0 Å². The van der Waals surface area contributed by atoms with Gasteiger partial charge in [-0.2, -0.15) is 0 Å². The molecule has 1 heterocycles. The van der Waals surface area contributed by atoms with E-state index >= 15 is 0 Å². The van der Waals surface area contributed by atoms with Gasteiger partial charge in [0.2, 0.25) is 0 Å². The molecule has 0 aromatic heterocycles. The Labute approximate surface area is 199 Å². The molecule has 0 spiro atoms. The number of rotatable bonds is 15. The van der Waals surface area contributed by atoms with Gasteiger partial charge in [-0.1, -0.05) is 44.2 Å². The van der Waals surface area contributed by atoms with Crippen molar-refractivity contribution in [3.05, 3.63) is 35.9 Å². The highest BCUT2D eigenvalue weighted by Crippen LogP contribution is 2.23. The Morgan fingerprint density at radius 1 is 0.818 bits per heavy atom. The summed E-state index contributed by atoms with van der Waals surface area (Å²) in [4.78, 5) is 0. The maximum atomic E-state index is 8.65. The van der Waals surface area contributed by atoms with Crippen LogP contribution < -0.4 is 0 Å². The molecule has 1 fully saturated rings. The van der Waals surface area contributed by atoms with Crippen LogP contribution in [0, 0.1) is 0 Å². The van der Waals surface area contributed by atoms with Crippen molar-refractivity contribution in [2.75, 3.05) is 52.9 Å². The van der Waals surface area contributed by atoms with Crippen LogP contribution in [0.25, 0.3) is 0 Å². The second-order valence-electron chi connectivity index (χ2n) is 7.94. The molecule has 0 aliphatic carbocycles. The Hall–Kier alpha value is -1.10. The van der Waals surface area contributed by atoms with Crippen molar-refractivity contribution in [1.29, 1.82) is 0 Å². The summed E-state index contributed by atoms with van der Waals surface area (Å²) in [5.41, 5.74) is 1.05. The molecule has 0 amide bonds. The van der Waals surface area contributed by atoms with Crippen molar-refractivity contribution in [2.24, 2.45) is 0 Å². The smallest absolute Gasteiger partial charge is 0.184 e. The molecule has 2 rings (SSSR count). The second-order valence-corrected chi connectivity index (χ2v) is 7.94. The number of ether oxygens (including phenoxy) is 6. The molecule has 8 nitrogen and oxygen atoms in total. The molecule has 0 radical (unpaired) electrons. The summed E-state index contributed by atoms with van der Waals surface area (Å²) in [5, 5.41) is 17.3. The van der Waals surface area contributed by atoms with Crippen LogP contribution in [-0.2, 0) is 28.4 Å². The summed E-state index contributed by atoms with van der Waals surface area (Å²) in [7, 11) is 0. The summed E-state index contributed by atoms with van der Waals surface area (Å²) >= 11 is 0. The highest BCUT2D eigenvalue weighted by Gasteiger charge is 2.23. The monoisotopic (exact) mass is 472 g/mol. The van der Waals surface area contributed by atoms with E-state index in [1.807, 2.05) is 37.3 Å². The molecule has 0 saturated carbocycles. The number of hydrogen-bond donors (Lipinski definition) is 2. The molecule has 0 bridgehead atoms. The van der Waals surface area contributed by atoms with Gasteiger partial charge in [-0.05, 0) is 26.7 Å². The van der Waals surface area contributed by atoms with Crippen molar-refractivity contribution in [1.82, 2.24) is 0 Å². The zero-order valence-corrected chi connectivity index (χ0v) is 20.7. The van der Waals surface area contributed by atoms with E-state index in [1.54, 1.807) is 0 Å². The molecule has 2 atom stereocenters. The number of benzene rings is 1. The van der Waals surface area contributed by atoms with Gasteiger partial charge < -0.3 is 38.6 Å². The van der Waals surface area contributed by atoms with Gasteiger partial charge in [-0.3, -0.25) is 0 Å². The highest BCUT2D eigenvalue weighted by molar-refractivity contribution is 5.16. The van der Waals surface area contributed by atoms with Gasteiger partial charge in [0, 0.05) is 5.56 Å². The lowest BCUT2D eigenvalue weighted by Crippen LogP contribution is -2.34. The maximum Gasteiger partial charge on any atom is 0.184 e. The normalized spacial score (nSPS) is 20.2. The molecule has 1 aromatic rings. The predicted octanol–water partition coefficient (Wildman–Crippen LogP) is 3.10. The fourth-order valence-electron chi connectivity index (χ4n) is 2.71. The van der Waals surface area contributed by atoms with Crippen LogP contribution in [0.15, 0.2) is 30.3 Å². The third-order valence-electron chi connectivity index (χ3n) is 5.17. The summed E-state index contributed by atoms with van der Waals surface area (Å²) < 4.78 is 33.1. The lowest BCUT2D eigenvalue weighted by Gasteiger charge is -2.29. The average Bonchev–Trinajstić information content (AvgIpc) is 2.87. The molecule has 2 unspecified atom stereocenters. The zero-order chi connectivity index (χ0) is 24.3. The van der Waals surface area contributed by atoms with E-state index < -0.39 is 6.10 Å². The van der Waals surface area contributed by atoms with Gasteiger partial charge in [0.25, 0.3) is 0 Å². The third-order valence-corrected chi connectivity index (χ3v) is 5.17. The van der Waals surface area contributed by atoms with E-state index in [0.29, 0.717) is 45.7 Å². The van der Waals surface area contributed by atoms with Crippen molar-refractivity contribution in [3.63, 3.8) is 0 Å². The van der Waals surface area contributed by atoms with E-state index in [9.17, 15) is 0 Å². The molecule has 1 aliphatic heterocycles. The number of aliphatic hydroxyl groups is 2. The minimum atomic E-state index is -0.472. The summed E-state index contributed by atoms with van der Waals surface area (Å²) in [6.45, 7) is 11.2. The Balaban J connectivity index is 0.000000366. The van der Waals surface area contributed by atoms with Crippen LogP contribution in [-0.4, -0.2) is 87.5 Å². The van der Waals surface area contributed by atoms with Crippen LogP contribution in [0.5, 0.6) is 0 Å². The Kier molecular flexibility index (Phi) is 17.4. The van der Waals surface area contributed by atoms with Crippen molar-refractivity contribution in [2.45, 2.75) is 71.2 Å². The van der Waals surface area contributed by atoms with Crippen LogP contribution in [0.3, 0.4) is 0 Å². The molecule has 1 saturated heterocycles. The van der Waals surface area contributed by atoms with Gasteiger partial charge >= 0.3 is 0 Å². The highest BCUT2D eigenvalue weighted by atomic mass is 16.7. The first-order chi connectivity index (χ1) is 16.0. The lowest BCUT2D eigenvalue weighted by atomic mass is 10.2. The van der Waals surface area contributed by atoms with Gasteiger partial charge in [0.1, 0.15) is 12.2 Å². The van der Waals surface area contributed by atoms with Crippen molar-refractivity contribution >= 4 is 0 Å². The zero-order valence-electron chi connectivity index (χ0n) is 20.7. The Bertz CT molecular complexity index is 547. The van der Waals surface area contributed by atoms with E-state index in [2.05, 4.69) is 20.8 Å². The first-order valence-corrected chi connectivity index (χ1v) is 12.0. The lowest BCUT2D eigenvalue weighted by molar-refractivity contribution is -0.232. The predicted molar refractivity (Wildman–Crippen MR) is 126 cm³/mol. The maximum absolute atomic E-state index is 8.65. The topological polar surface area (TPSA) is 95.8 Å². The Morgan fingerprint density at radius 3 is 1.85 bits per heavy atom. The van der Waals surface area contributed by atoms with E-state index in [1.165, 1.54) is 0 Å². The molecule has 33 heavy (non-hydrogen) atoms. The third kappa shape index (κ3) is 14.0. The first-order valence-electron chi connectivity index (χ1n) is 12.0. The molecule has 8 heteroatoms. The van der Waals surface area contributed by atoms with Gasteiger partial charge in [0.05, 0.1) is 65.1 Å². The van der Waals surface area contributed by atoms with Crippen LogP contribution >= 0.6 is 0 Å². The summed E-state index contributed by atoms with van der Waals surface area (Å²) in [5.74, 6) is 0. The SMILES string of the molecule is CCC(C)OCCOC(CO)CO.CCC(C)OCCOC1COC(c2ccccc2)OC1. The Morgan fingerprint density at radius 2 is 1.33 bits per heavy atom. The quantitative estimate of drug-likeness (QED) is 0.376. The van der Waals surface area contributed by atoms with E-state index in [0.717, 1.165) is 18.4 Å². The molecule has 2 N–H and O–H groups in total. The molecule has 1 aromatic carbocycles. The molecular weight excluding hydrogens is 428 g/mol. The fourth-order valence-corrected chi connectivity index (χ4v) is 2.71. The largest absolute Gasteiger partial charge is 0.394 e. The summed E-state index contributed by atoms with van der Waals surface area (Å²) in [6.07, 6.45) is 1.78. The minimum Gasteiger partial charge on any atom is -0.394 e. The van der Waals surface area contributed by atoms with Gasteiger partial charge in [-0.25, -0.2) is 0 Å². The number of hydrogen-bond acceptors (Lipinski definition) is 8. The second kappa shape index (κ2) is 19.2. The van der Waals surface area contributed by atoms with Crippen LogP contribution in [0.4, 0.5) is 0 Å². The summed E-state index contributed by atoms with van der Waals surface area (Å²) in [6, 6.07) is 9.96. The minimum absolute atomic E-state index is 0.00417. The number of aliphatic hydroxyl groups excluding tert-OH is 2. The van der Waals surface area contributed by atoms with E-state index in [-0.39, 0.29) is 31.7 Å². The molecule has 1 aliphatic rings. The molecule has 192 valence electrons. The average molecular weight is 473 g/mol. The fraction of sp³-hybridized carbons (Fsp3) is 0.760. The molecular formula is C25H44O8.